The van der Waals surface area contributed by atoms with Crippen molar-refractivity contribution < 1.29 is 9.53 Å². The summed E-state index contributed by atoms with van der Waals surface area (Å²) in [6.07, 6.45) is 1.82. The molecule has 1 amide bonds. The first-order chi connectivity index (χ1) is 12.5. The smallest absolute Gasteiger partial charge is 0.243 e. The Bertz CT molecular complexity index is 916. The van der Waals surface area contributed by atoms with Crippen LogP contribution >= 0.6 is 11.8 Å². The van der Waals surface area contributed by atoms with Gasteiger partial charge in [-0.05, 0) is 19.1 Å². The van der Waals surface area contributed by atoms with Gasteiger partial charge in [0.25, 0.3) is 0 Å². The third kappa shape index (κ3) is 3.88. The summed E-state index contributed by atoms with van der Waals surface area (Å²) in [4.78, 5) is 12.1. The van der Waals surface area contributed by atoms with E-state index in [0.717, 1.165) is 16.8 Å². The monoisotopic (exact) mass is 372 g/mol. The predicted molar refractivity (Wildman–Crippen MR) is 100 cm³/mol. The molecule has 8 nitrogen and oxygen atoms in total. The molecule has 26 heavy (non-hydrogen) atoms. The van der Waals surface area contributed by atoms with E-state index in [2.05, 4.69) is 20.6 Å². The molecule has 0 aliphatic carbocycles. The van der Waals surface area contributed by atoms with Gasteiger partial charge in [-0.3, -0.25) is 9.48 Å². The predicted octanol–water partition coefficient (Wildman–Crippen LogP) is 2.26. The summed E-state index contributed by atoms with van der Waals surface area (Å²) in [6.45, 7) is 2.00. The highest BCUT2D eigenvalue weighted by molar-refractivity contribution is 7.99. The Kier molecular flexibility index (Phi) is 5.27. The minimum absolute atomic E-state index is 0.0950. The first-order valence-electron chi connectivity index (χ1n) is 7.94. The number of aromatic nitrogens is 5. The number of aryl methyl sites for hydroxylation is 2. The molecule has 0 fully saturated rings. The van der Waals surface area contributed by atoms with Crippen molar-refractivity contribution in [2.45, 2.75) is 12.1 Å². The molecule has 1 N–H and O–H groups in total. The van der Waals surface area contributed by atoms with E-state index in [1.165, 1.54) is 11.8 Å². The van der Waals surface area contributed by atoms with Crippen molar-refractivity contribution in [1.29, 1.82) is 0 Å². The van der Waals surface area contributed by atoms with Crippen LogP contribution in [0.3, 0.4) is 0 Å². The zero-order valence-corrected chi connectivity index (χ0v) is 15.9. The zero-order chi connectivity index (χ0) is 18.7. The van der Waals surface area contributed by atoms with Gasteiger partial charge in [0, 0.05) is 26.0 Å². The number of carbonyl (C=O) groups is 1. The molecule has 1 aromatic carbocycles. The molecule has 0 atom stereocenters. The van der Waals surface area contributed by atoms with Gasteiger partial charge >= 0.3 is 0 Å². The number of ether oxygens (including phenoxy) is 1. The topological polar surface area (TPSA) is 86.9 Å². The lowest BCUT2D eigenvalue weighted by Crippen LogP contribution is -2.14. The summed E-state index contributed by atoms with van der Waals surface area (Å²) in [5, 5.41) is 16.1. The fourth-order valence-corrected chi connectivity index (χ4v) is 3.12. The number of carbonyl (C=O) groups excluding carboxylic acids is 1. The lowest BCUT2D eigenvalue weighted by molar-refractivity contribution is -0.113. The SMILES string of the molecule is COc1nn(C)cc1-c1nnc(SCC(=O)Nc2ccc(C)cc2)n1C. The molecular weight excluding hydrogens is 352 g/mol. The van der Waals surface area contributed by atoms with Gasteiger partial charge in [0.1, 0.15) is 5.56 Å². The van der Waals surface area contributed by atoms with Crippen LogP contribution in [0.1, 0.15) is 5.56 Å². The average Bonchev–Trinajstić information content (AvgIpc) is 3.17. The van der Waals surface area contributed by atoms with Gasteiger partial charge in [-0.1, -0.05) is 29.5 Å². The number of thioether (sulfide) groups is 1. The van der Waals surface area contributed by atoms with Crippen LogP contribution in [0.4, 0.5) is 5.69 Å². The van der Waals surface area contributed by atoms with Crippen LogP contribution in [0.5, 0.6) is 5.88 Å². The van der Waals surface area contributed by atoms with Crippen LogP contribution in [-0.4, -0.2) is 43.3 Å². The molecule has 2 aromatic heterocycles. The highest BCUT2D eigenvalue weighted by Gasteiger charge is 2.18. The highest BCUT2D eigenvalue weighted by Crippen LogP contribution is 2.29. The van der Waals surface area contributed by atoms with Gasteiger partial charge in [-0.15, -0.1) is 15.3 Å². The number of methoxy groups -OCH3 is 1. The van der Waals surface area contributed by atoms with Crippen molar-refractivity contribution >= 4 is 23.4 Å². The summed E-state index contributed by atoms with van der Waals surface area (Å²) in [5.74, 6) is 1.26. The second-order valence-electron chi connectivity index (χ2n) is 5.79. The van der Waals surface area contributed by atoms with Gasteiger partial charge < -0.3 is 14.6 Å². The molecule has 0 bridgehead atoms. The largest absolute Gasteiger partial charge is 0.479 e. The quantitative estimate of drug-likeness (QED) is 0.668. The van der Waals surface area contributed by atoms with Crippen molar-refractivity contribution in [2.24, 2.45) is 14.1 Å². The van der Waals surface area contributed by atoms with Gasteiger partial charge in [-0.25, -0.2) is 0 Å². The minimum atomic E-state index is -0.0950. The number of anilines is 1. The van der Waals surface area contributed by atoms with Crippen LogP contribution in [0, 0.1) is 6.92 Å². The minimum Gasteiger partial charge on any atom is -0.479 e. The molecule has 9 heteroatoms. The summed E-state index contributed by atoms with van der Waals surface area (Å²) >= 11 is 1.32. The number of nitrogens with one attached hydrogen (secondary N) is 1. The molecular formula is C17H20N6O2S. The van der Waals surface area contributed by atoms with Crippen LogP contribution in [0.2, 0.25) is 0 Å². The van der Waals surface area contributed by atoms with Gasteiger partial charge in [0.15, 0.2) is 11.0 Å². The molecule has 0 aliphatic rings. The van der Waals surface area contributed by atoms with E-state index in [-0.39, 0.29) is 11.7 Å². The third-order valence-electron chi connectivity index (χ3n) is 3.73. The van der Waals surface area contributed by atoms with Crippen molar-refractivity contribution in [3.05, 3.63) is 36.0 Å². The first kappa shape index (κ1) is 18.0. The second kappa shape index (κ2) is 7.61. The number of hydrogen-bond acceptors (Lipinski definition) is 6. The standard InChI is InChI=1S/C17H20N6O2S/c1-11-5-7-12(8-6-11)18-14(24)10-26-17-20-19-15(23(17)3)13-9-22(2)21-16(13)25-4/h5-9H,10H2,1-4H3,(H,18,24). The Hall–Kier alpha value is -2.81. The molecule has 0 spiro atoms. The Morgan fingerprint density at radius 3 is 2.65 bits per heavy atom. The van der Waals surface area contributed by atoms with Crippen LogP contribution in [0.25, 0.3) is 11.4 Å². The molecule has 0 radical (unpaired) electrons. The average molecular weight is 372 g/mol. The van der Waals surface area contributed by atoms with E-state index in [9.17, 15) is 4.79 Å². The molecule has 136 valence electrons. The maximum absolute atomic E-state index is 12.1. The lowest BCUT2D eigenvalue weighted by atomic mass is 10.2. The number of nitrogens with zero attached hydrogens (tertiary/aromatic N) is 5. The molecule has 0 saturated carbocycles. The van der Waals surface area contributed by atoms with E-state index in [1.54, 1.807) is 11.8 Å². The Balaban J connectivity index is 1.66. The summed E-state index contributed by atoms with van der Waals surface area (Å²) in [6, 6.07) is 7.68. The lowest BCUT2D eigenvalue weighted by Gasteiger charge is -2.06. The zero-order valence-electron chi connectivity index (χ0n) is 15.1. The number of benzene rings is 1. The van der Waals surface area contributed by atoms with E-state index >= 15 is 0 Å². The third-order valence-corrected chi connectivity index (χ3v) is 4.75. The van der Waals surface area contributed by atoms with Crippen molar-refractivity contribution in [3.63, 3.8) is 0 Å². The van der Waals surface area contributed by atoms with E-state index in [4.69, 9.17) is 4.74 Å². The molecule has 0 unspecified atom stereocenters. The first-order valence-corrected chi connectivity index (χ1v) is 8.93. The maximum Gasteiger partial charge on any atom is 0.243 e. The molecule has 0 saturated heterocycles. The second-order valence-corrected chi connectivity index (χ2v) is 6.74. The molecule has 0 aliphatic heterocycles. The van der Waals surface area contributed by atoms with Crippen LogP contribution < -0.4 is 10.1 Å². The summed E-state index contributed by atoms with van der Waals surface area (Å²) < 4.78 is 8.75. The van der Waals surface area contributed by atoms with E-state index < -0.39 is 0 Å². The van der Waals surface area contributed by atoms with E-state index in [0.29, 0.717) is 16.9 Å². The van der Waals surface area contributed by atoms with Crippen molar-refractivity contribution in [3.8, 4) is 17.3 Å². The Labute approximate surface area is 155 Å². The summed E-state index contributed by atoms with van der Waals surface area (Å²) in [5.41, 5.74) is 2.68. The van der Waals surface area contributed by atoms with Gasteiger partial charge in [0.05, 0.1) is 12.9 Å². The number of rotatable bonds is 6. The fourth-order valence-electron chi connectivity index (χ4n) is 2.41. The molecule has 3 rings (SSSR count). The number of hydrogen-bond donors (Lipinski definition) is 1. The molecule has 3 aromatic rings. The van der Waals surface area contributed by atoms with Crippen molar-refractivity contribution in [1.82, 2.24) is 24.5 Å². The van der Waals surface area contributed by atoms with E-state index in [1.807, 2.05) is 56.0 Å². The Morgan fingerprint density at radius 2 is 1.96 bits per heavy atom. The van der Waals surface area contributed by atoms with Crippen LogP contribution in [-0.2, 0) is 18.9 Å². The fraction of sp³-hybridized carbons (Fsp3) is 0.294. The number of amides is 1. The van der Waals surface area contributed by atoms with Crippen LogP contribution in [0.15, 0.2) is 35.6 Å². The maximum atomic E-state index is 12.1. The molecule has 2 heterocycles. The van der Waals surface area contributed by atoms with Crippen molar-refractivity contribution in [2.75, 3.05) is 18.2 Å². The summed E-state index contributed by atoms with van der Waals surface area (Å²) in [7, 11) is 5.22. The highest BCUT2D eigenvalue weighted by atomic mass is 32.2. The normalized spacial score (nSPS) is 10.8. The van der Waals surface area contributed by atoms with Gasteiger partial charge in [-0.2, -0.15) is 0 Å². The van der Waals surface area contributed by atoms with Gasteiger partial charge in [0.2, 0.25) is 11.8 Å². The Morgan fingerprint density at radius 1 is 1.23 bits per heavy atom.